The van der Waals surface area contributed by atoms with Crippen LogP contribution in [0.5, 0.6) is 11.5 Å². The largest absolute Gasteiger partial charge is 0.497 e. The normalized spacial score (nSPS) is 10.8. The van der Waals surface area contributed by atoms with E-state index in [1.807, 2.05) is 31.2 Å². The molecule has 0 heterocycles. The van der Waals surface area contributed by atoms with Gasteiger partial charge in [-0.1, -0.05) is 0 Å². The summed E-state index contributed by atoms with van der Waals surface area (Å²) in [5, 5.41) is 6.58. The summed E-state index contributed by atoms with van der Waals surface area (Å²) in [5.74, 6) is 2.52. The highest BCUT2D eigenvalue weighted by Crippen LogP contribution is 2.16. The molecule has 0 aliphatic rings. The third-order valence-corrected chi connectivity index (χ3v) is 3.38. The monoisotopic (exact) mass is 465 g/mol. The second-order valence-electron chi connectivity index (χ2n) is 5.21. The molecule has 0 unspecified atom stereocenters. The molecule has 0 radical (unpaired) electrons. The van der Waals surface area contributed by atoms with Gasteiger partial charge in [-0.2, -0.15) is 0 Å². The molecule has 0 spiro atoms. The second kappa shape index (κ2) is 16.3. The van der Waals surface area contributed by atoms with E-state index < -0.39 is 0 Å². The van der Waals surface area contributed by atoms with Gasteiger partial charge in [-0.25, -0.2) is 0 Å². The Labute approximate surface area is 168 Å². The van der Waals surface area contributed by atoms with Gasteiger partial charge in [0, 0.05) is 33.4 Å². The number of methoxy groups -OCH3 is 1. The van der Waals surface area contributed by atoms with E-state index in [9.17, 15) is 0 Å². The van der Waals surface area contributed by atoms with Gasteiger partial charge in [0.15, 0.2) is 5.96 Å². The zero-order chi connectivity index (χ0) is 17.5. The summed E-state index contributed by atoms with van der Waals surface area (Å²) in [5.41, 5.74) is 0. The molecule has 0 aliphatic carbocycles. The number of rotatable bonds is 12. The molecule has 0 amide bonds. The van der Waals surface area contributed by atoms with Crippen LogP contribution in [0.1, 0.15) is 26.2 Å². The zero-order valence-electron chi connectivity index (χ0n) is 15.5. The Hall–Kier alpha value is -1.22. The maximum atomic E-state index is 5.69. The summed E-state index contributed by atoms with van der Waals surface area (Å²) in [6.07, 6.45) is 3.03. The third kappa shape index (κ3) is 11.9. The molecule has 25 heavy (non-hydrogen) atoms. The fourth-order valence-corrected chi connectivity index (χ4v) is 2.04. The molecular weight excluding hydrogens is 433 g/mol. The molecule has 0 fully saturated rings. The van der Waals surface area contributed by atoms with Crippen LogP contribution in [0.4, 0.5) is 0 Å². The molecule has 6 nitrogen and oxygen atoms in total. The van der Waals surface area contributed by atoms with Crippen LogP contribution >= 0.6 is 24.0 Å². The fourth-order valence-electron chi connectivity index (χ4n) is 2.04. The Balaban J connectivity index is 0.00000576. The summed E-state index contributed by atoms with van der Waals surface area (Å²) in [6, 6.07) is 7.61. The molecule has 1 aromatic carbocycles. The molecule has 1 aromatic rings. The van der Waals surface area contributed by atoms with Crippen molar-refractivity contribution < 1.29 is 14.2 Å². The minimum atomic E-state index is 0. The topological polar surface area (TPSA) is 64.1 Å². The second-order valence-corrected chi connectivity index (χ2v) is 5.21. The first-order chi connectivity index (χ1) is 11.8. The van der Waals surface area contributed by atoms with Gasteiger partial charge in [-0.05, 0) is 50.5 Å². The molecule has 0 aliphatic heterocycles. The van der Waals surface area contributed by atoms with Crippen molar-refractivity contribution >= 4 is 29.9 Å². The highest BCUT2D eigenvalue weighted by atomic mass is 127. The fraction of sp³-hybridized carbons (Fsp3) is 0.611. The van der Waals surface area contributed by atoms with Crippen molar-refractivity contribution in [1.82, 2.24) is 10.6 Å². The molecule has 144 valence electrons. The summed E-state index contributed by atoms with van der Waals surface area (Å²) in [6.45, 7) is 6.00. The third-order valence-electron chi connectivity index (χ3n) is 3.38. The number of benzene rings is 1. The number of ether oxygens (including phenoxy) is 3. The summed E-state index contributed by atoms with van der Waals surface area (Å²) in [7, 11) is 3.44. The van der Waals surface area contributed by atoms with Crippen molar-refractivity contribution in [3.63, 3.8) is 0 Å². The van der Waals surface area contributed by atoms with Crippen molar-refractivity contribution in [1.29, 1.82) is 0 Å². The lowest BCUT2D eigenvalue weighted by Gasteiger charge is -2.12. The first kappa shape index (κ1) is 23.8. The van der Waals surface area contributed by atoms with Crippen molar-refractivity contribution in [2.45, 2.75) is 26.2 Å². The van der Waals surface area contributed by atoms with Gasteiger partial charge >= 0.3 is 0 Å². The van der Waals surface area contributed by atoms with Crippen LogP contribution in [0, 0.1) is 0 Å². The summed E-state index contributed by atoms with van der Waals surface area (Å²) in [4.78, 5) is 4.21. The van der Waals surface area contributed by atoms with Crippen LogP contribution in [0.25, 0.3) is 0 Å². The van der Waals surface area contributed by atoms with Crippen molar-refractivity contribution in [2.75, 3.05) is 47.1 Å². The number of aliphatic imine (C=N–C) groups is 1. The quantitative estimate of drug-likeness (QED) is 0.215. The molecule has 1 rings (SSSR count). The maximum absolute atomic E-state index is 5.69. The molecule has 0 saturated heterocycles. The van der Waals surface area contributed by atoms with Crippen LogP contribution in [0.15, 0.2) is 29.3 Å². The first-order valence-corrected chi connectivity index (χ1v) is 8.59. The molecule has 0 aromatic heterocycles. The molecule has 7 heteroatoms. The predicted molar refractivity (Wildman–Crippen MR) is 114 cm³/mol. The minimum absolute atomic E-state index is 0. The van der Waals surface area contributed by atoms with Crippen molar-refractivity contribution in [3.8, 4) is 11.5 Å². The standard InChI is InChI=1S/C18H31N3O3.HI/c1-4-23-14-6-5-12-20-18(19-2)21-13-7-15-24-17-10-8-16(22-3)9-11-17;/h8-11H,4-7,12-15H2,1-3H3,(H2,19,20,21);1H. The van der Waals surface area contributed by atoms with Crippen molar-refractivity contribution in [2.24, 2.45) is 4.99 Å². The number of nitrogens with zero attached hydrogens (tertiary/aromatic N) is 1. The molecule has 0 atom stereocenters. The van der Waals surface area contributed by atoms with Gasteiger partial charge in [0.05, 0.1) is 13.7 Å². The summed E-state index contributed by atoms with van der Waals surface area (Å²) >= 11 is 0. The lowest BCUT2D eigenvalue weighted by Crippen LogP contribution is -2.38. The van der Waals surface area contributed by atoms with E-state index in [0.29, 0.717) is 6.61 Å². The lowest BCUT2D eigenvalue weighted by molar-refractivity contribution is 0.143. The summed E-state index contributed by atoms with van der Waals surface area (Å²) < 4.78 is 16.1. The van der Waals surface area contributed by atoms with Crippen LogP contribution in [0.3, 0.4) is 0 Å². The van der Waals surface area contributed by atoms with Crippen LogP contribution < -0.4 is 20.1 Å². The van der Waals surface area contributed by atoms with Gasteiger partial charge in [0.25, 0.3) is 0 Å². The maximum Gasteiger partial charge on any atom is 0.190 e. The average molecular weight is 465 g/mol. The molecule has 0 saturated carbocycles. The highest BCUT2D eigenvalue weighted by molar-refractivity contribution is 14.0. The highest BCUT2D eigenvalue weighted by Gasteiger charge is 1.98. The average Bonchev–Trinajstić information content (AvgIpc) is 2.63. The number of unbranched alkanes of at least 4 members (excludes halogenated alkanes) is 1. The number of hydrogen-bond donors (Lipinski definition) is 2. The Morgan fingerprint density at radius 1 is 0.960 bits per heavy atom. The van der Waals surface area contributed by atoms with Gasteiger partial charge in [-0.15, -0.1) is 24.0 Å². The van der Waals surface area contributed by atoms with Crippen LogP contribution in [0.2, 0.25) is 0 Å². The van der Waals surface area contributed by atoms with Crippen molar-refractivity contribution in [3.05, 3.63) is 24.3 Å². The Kier molecular flexibility index (Phi) is 15.5. The van der Waals surface area contributed by atoms with E-state index in [-0.39, 0.29) is 24.0 Å². The SMILES string of the molecule is CCOCCCCNC(=NC)NCCCOc1ccc(OC)cc1.I. The number of hydrogen-bond acceptors (Lipinski definition) is 4. The van der Waals surface area contributed by atoms with E-state index in [2.05, 4.69) is 15.6 Å². The zero-order valence-corrected chi connectivity index (χ0v) is 17.9. The van der Waals surface area contributed by atoms with E-state index in [4.69, 9.17) is 14.2 Å². The first-order valence-electron chi connectivity index (χ1n) is 8.59. The molecule has 2 N–H and O–H groups in total. The number of guanidine groups is 1. The Morgan fingerprint density at radius 3 is 2.20 bits per heavy atom. The minimum Gasteiger partial charge on any atom is -0.497 e. The van der Waals surface area contributed by atoms with Gasteiger partial charge in [0.1, 0.15) is 11.5 Å². The molecule has 0 bridgehead atoms. The van der Waals surface area contributed by atoms with Crippen LogP contribution in [-0.4, -0.2) is 53.0 Å². The Bertz CT molecular complexity index is 455. The van der Waals surface area contributed by atoms with E-state index in [1.54, 1.807) is 14.2 Å². The van der Waals surface area contributed by atoms with E-state index >= 15 is 0 Å². The van der Waals surface area contributed by atoms with Gasteiger partial charge < -0.3 is 24.8 Å². The smallest absolute Gasteiger partial charge is 0.190 e. The van der Waals surface area contributed by atoms with Gasteiger partial charge in [-0.3, -0.25) is 4.99 Å². The Morgan fingerprint density at radius 2 is 1.60 bits per heavy atom. The van der Waals surface area contributed by atoms with Crippen LogP contribution in [-0.2, 0) is 4.74 Å². The lowest BCUT2D eigenvalue weighted by atomic mass is 10.3. The van der Waals surface area contributed by atoms with E-state index in [0.717, 1.165) is 63.0 Å². The van der Waals surface area contributed by atoms with Gasteiger partial charge in [0.2, 0.25) is 0 Å². The van der Waals surface area contributed by atoms with E-state index in [1.165, 1.54) is 0 Å². The predicted octanol–water partition coefficient (Wildman–Crippen LogP) is 3.06. The number of nitrogens with one attached hydrogen (secondary N) is 2. The number of halogens is 1. The molecular formula is C18H32IN3O3.